The number of hydrogen-bond acceptors (Lipinski definition) is 3. The van der Waals surface area contributed by atoms with Crippen molar-refractivity contribution >= 4 is 5.97 Å². The Bertz CT molecular complexity index is 570. The van der Waals surface area contributed by atoms with Crippen LogP contribution in [-0.4, -0.2) is 19.2 Å². The van der Waals surface area contributed by atoms with Crippen molar-refractivity contribution in [3.63, 3.8) is 0 Å². The fourth-order valence-corrected chi connectivity index (χ4v) is 1.99. The van der Waals surface area contributed by atoms with Gasteiger partial charge in [-0.15, -0.1) is 0 Å². The van der Waals surface area contributed by atoms with Gasteiger partial charge in [-0.2, -0.15) is 0 Å². The molecular formula is C18H20O3. The number of benzene rings is 2. The zero-order chi connectivity index (χ0) is 15.1. The molecule has 3 nitrogen and oxygen atoms in total. The maximum Gasteiger partial charge on any atom is 0.338 e. The van der Waals surface area contributed by atoms with Crippen molar-refractivity contribution in [2.75, 3.05) is 13.2 Å². The molecule has 0 bridgehead atoms. The molecule has 0 aliphatic rings. The van der Waals surface area contributed by atoms with Crippen LogP contribution in [0.1, 0.15) is 30.6 Å². The first kappa shape index (κ1) is 15.1. The van der Waals surface area contributed by atoms with E-state index in [1.54, 1.807) is 12.1 Å². The molecule has 21 heavy (non-hydrogen) atoms. The van der Waals surface area contributed by atoms with Crippen LogP contribution >= 0.6 is 0 Å². The molecule has 0 N–H and O–H groups in total. The molecule has 0 aliphatic carbocycles. The van der Waals surface area contributed by atoms with Crippen molar-refractivity contribution in [1.82, 2.24) is 0 Å². The molecule has 0 saturated heterocycles. The Labute approximate surface area is 125 Å². The molecule has 0 spiro atoms. The van der Waals surface area contributed by atoms with Crippen molar-refractivity contribution in [3.05, 3.63) is 54.1 Å². The van der Waals surface area contributed by atoms with Gasteiger partial charge < -0.3 is 9.47 Å². The minimum Gasteiger partial charge on any atom is -0.494 e. The minimum absolute atomic E-state index is 0.268. The second kappa shape index (κ2) is 7.48. The van der Waals surface area contributed by atoms with Gasteiger partial charge in [-0.1, -0.05) is 31.2 Å². The van der Waals surface area contributed by atoms with E-state index in [0.29, 0.717) is 18.8 Å². The number of carbonyl (C=O) groups excluding carboxylic acids is 1. The summed E-state index contributed by atoms with van der Waals surface area (Å²) in [5, 5.41) is 0. The van der Waals surface area contributed by atoms with E-state index in [0.717, 1.165) is 23.3 Å². The molecule has 3 heteroatoms. The third-order valence-electron chi connectivity index (χ3n) is 3.06. The van der Waals surface area contributed by atoms with Crippen LogP contribution in [0.25, 0.3) is 11.1 Å². The average molecular weight is 284 g/mol. The van der Waals surface area contributed by atoms with Crippen LogP contribution in [0.2, 0.25) is 0 Å². The van der Waals surface area contributed by atoms with E-state index in [2.05, 4.69) is 0 Å². The van der Waals surface area contributed by atoms with Crippen molar-refractivity contribution in [2.24, 2.45) is 0 Å². The molecule has 2 rings (SSSR count). The zero-order valence-corrected chi connectivity index (χ0v) is 12.5. The maximum atomic E-state index is 11.7. The lowest BCUT2D eigenvalue weighted by Gasteiger charge is -2.07. The SMILES string of the molecule is CCCOC(=O)c1ccc(-c2ccc(OCC)cc2)cc1. The Kier molecular flexibility index (Phi) is 5.38. The monoisotopic (exact) mass is 284 g/mol. The molecule has 0 unspecified atom stereocenters. The normalized spacial score (nSPS) is 10.2. The van der Waals surface area contributed by atoms with Gasteiger partial charge in [0.25, 0.3) is 0 Å². The highest BCUT2D eigenvalue weighted by molar-refractivity contribution is 5.90. The topological polar surface area (TPSA) is 35.5 Å². The van der Waals surface area contributed by atoms with Crippen molar-refractivity contribution in [2.45, 2.75) is 20.3 Å². The quantitative estimate of drug-likeness (QED) is 0.741. The largest absolute Gasteiger partial charge is 0.494 e. The van der Waals surface area contributed by atoms with Gasteiger partial charge in [-0.3, -0.25) is 0 Å². The van der Waals surface area contributed by atoms with Crippen LogP contribution < -0.4 is 4.74 Å². The maximum absolute atomic E-state index is 11.7. The van der Waals surface area contributed by atoms with E-state index in [1.807, 2.05) is 50.2 Å². The summed E-state index contributed by atoms with van der Waals surface area (Å²) in [6, 6.07) is 15.4. The first-order valence-corrected chi connectivity index (χ1v) is 7.25. The lowest BCUT2D eigenvalue weighted by Crippen LogP contribution is -2.05. The molecule has 0 saturated carbocycles. The molecule has 0 radical (unpaired) electrons. The van der Waals surface area contributed by atoms with E-state index in [9.17, 15) is 4.79 Å². The Morgan fingerprint density at radius 3 is 2.00 bits per heavy atom. The average Bonchev–Trinajstić information content (AvgIpc) is 2.54. The molecule has 2 aromatic carbocycles. The van der Waals surface area contributed by atoms with Gasteiger partial charge >= 0.3 is 5.97 Å². The number of carbonyl (C=O) groups is 1. The lowest BCUT2D eigenvalue weighted by molar-refractivity contribution is 0.0505. The highest BCUT2D eigenvalue weighted by Crippen LogP contribution is 2.23. The van der Waals surface area contributed by atoms with E-state index in [1.165, 1.54) is 0 Å². The van der Waals surface area contributed by atoms with Gasteiger partial charge in [0.05, 0.1) is 18.8 Å². The number of ether oxygens (including phenoxy) is 2. The smallest absolute Gasteiger partial charge is 0.338 e. The van der Waals surface area contributed by atoms with Gasteiger partial charge in [0.2, 0.25) is 0 Å². The third kappa shape index (κ3) is 4.09. The van der Waals surface area contributed by atoms with Crippen LogP contribution in [0.3, 0.4) is 0 Å². The molecule has 0 aliphatic heterocycles. The van der Waals surface area contributed by atoms with Crippen molar-refractivity contribution in [3.8, 4) is 16.9 Å². The molecule has 0 atom stereocenters. The highest BCUT2D eigenvalue weighted by Gasteiger charge is 2.06. The second-order valence-corrected chi connectivity index (χ2v) is 4.67. The van der Waals surface area contributed by atoms with Crippen LogP contribution in [0.4, 0.5) is 0 Å². The van der Waals surface area contributed by atoms with E-state index < -0.39 is 0 Å². The van der Waals surface area contributed by atoms with Crippen LogP contribution in [0, 0.1) is 0 Å². The Morgan fingerprint density at radius 1 is 0.905 bits per heavy atom. The Balaban J connectivity index is 2.09. The summed E-state index contributed by atoms with van der Waals surface area (Å²) < 4.78 is 10.5. The summed E-state index contributed by atoms with van der Waals surface area (Å²) in [5.41, 5.74) is 2.73. The molecule has 0 amide bonds. The summed E-state index contributed by atoms with van der Waals surface area (Å²) in [7, 11) is 0. The van der Waals surface area contributed by atoms with Crippen molar-refractivity contribution in [1.29, 1.82) is 0 Å². The minimum atomic E-state index is -0.268. The predicted molar refractivity (Wildman–Crippen MR) is 83.6 cm³/mol. The molecule has 110 valence electrons. The number of rotatable bonds is 6. The Morgan fingerprint density at radius 2 is 1.48 bits per heavy atom. The van der Waals surface area contributed by atoms with Gasteiger partial charge in [-0.05, 0) is 48.7 Å². The van der Waals surface area contributed by atoms with Gasteiger partial charge in [0.15, 0.2) is 0 Å². The zero-order valence-electron chi connectivity index (χ0n) is 12.5. The number of esters is 1. The summed E-state index contributed by atoms with van der Waals surface area (Å²) in [6.45, 7) is 5.06. The van der Waals surface area contributed by atoms with Gasteiger partial charge in [0.1, 0.15) is 5.75 Å². The van der Waals surface area contributed by atoms with Crippen LogP contribution in [0.5, 0.6) is 5.75 Å². The van der Waals surface area contributed by atoms with Crippen molar-refractivity contribution < 1.29 is 14.3 Å². The molecule has 2 aromatic rings. The standard InChI is InChI=1S/C18H20O3/c1-3-13-21-18(19)16-7-5-14(6-8-16)15-9-11-17(12-10-15)20-4-2/h5-12H,3-4,13H2,1-2H3. The Hall–Kier alpha value is -2.29. The second-order valence-electron chi connectivity index (χ2n) is 4.67. The first-order valence-electron chi connectivity index (χ1n) is 7.25. The fraction of sp³-hybridized carbons (Fsp3) is 0.278. The van der Waals surface area contributed by atoms with E-state index >= 15 is 0 Å². The highest BCUT2D eigenvalue weighted by atomic mass is 16.5. The molecular weight excluding hydrogens is 264 g/mol. The third-order valence-corrected chi connectivity index (χ3v) is 3.06. The van der Waals surface area contributed by atoms with Gasteiger partial charge in [0, 0.05) is 0 Å². The summed E-state index contributed by atoms with van der Waals surface area (Å²) in [5.74, 6) is 0.594. The summed E-state index contributed by atoms with van der Waals surface area (Å²) in [4.78, 5) is 11.7. The fourth-order valence-electron chi connectivity index (χ4n) is 1.99. The molecule has 0 aromatic heterocycles. The van der Waals surface area contributed by atoms with E-state index in [4.69, 9.17) is 9.47 Å². The first-order chi connectivity index (χ1) is 10.2. The van der Waals surface area contributed by atoms with Crippen LogP contribution in [-0.2, 0) is 4.74 Å². The van der Waals surface area contributed by atoms with E-state index in [-0.39, 0.29) is 5.97 Å². The molecule has 0 heterocycles. The molecule has 0 fully saturated rings. The summed E-state index contributed by atoms with van der Waals surface area (Å²) in [6.07, 6.45) is 0.829. The number of hydrogen-bond donors (Lipinski definition) is 0. The lowest BCUT2D eigenvalue weighted by atomic mass is 10.0. The van der Waals surface area contributed by atoms with Crippen LogP contribution in [0.15, 0.2) is 48.5 Å². The van der Waals surface area contributed by atoms with Gasteiger partial charge in [-0.25, -0.2) is 4.79 Å². The summed E-state index contributed by atoms with van der Waals surface area (Å²) >= 11 is 0. The predicted octanol–water partition coefficient (Wildman–Crippen LogP) is 4.32.